The van der Waals surface area contributed by atoms with Crippen molar-refractivity contribution in [1.82, 2.24) is 0 Å². The summed E-state index contributed by atoms with van der Waals surface area (Å²) in [5.74, 6) is -4.52. The molecule has 0 radical (unpaired) electrons. The molecule has 0 heterocycles. The van der Waals surface area contributed by atoms with Crippen molar-refractivity contribution in [2.75, 3.05) is 0 Å². The Labute approximate surface area is 205 Å². The smallest absolute Gasteiger partial charge is 0.337 e. The van der Waals surface area contributed by atoms with Gasteiger partial charge in [0.2, 0.25) is 0 Å². The van der Waals surface area contributed by atoms with Gasteiger partial charge in [0, 0.05) is 0 Å². The minimum absolute atomic E-state index is 0.190. The number of hydrogen-bond acceptors (Lipinski definition) is 4. The van der Waals surface area contributed by atoms with Crippen molar-refractivity contribution in [1.29, 1.82) is 0 Å². The Morgan fingerprint density at radius 2 is 0.750 bits per heavy atom. The van der Waals surface area contributed by atoms with Gasteiger partial charge >= 0.3 is 23.9 Å². The largest absolute Gasteiger partial charge is 0.478 e. The monoisotopic (exact) mass is 484 g/mol. The highest BCUT2D eigenvalue weighted by Crippen LogP contribution is 2.27. The summed E-state index contributed by atoms with van der Waals surface area (Å²) >= 11 is 0. The van der Waals surface area contributed by atoms with Gasteiger partial charge in [-0.15, -0.1) is 0 Å². The molecule has 4 aromatic rings. The maximum absolute atomic E-state index is 11.5. The minimum Gasteiger partial charge on any atom is -0.478 e. The van der Waals surface area contributed by atoms with Crippen molar-refractivity contribution < 1.29 is 39.6 Å². The summed E-state index contributed by atoms with van der Waals surface area (Å²) in [6, 6.07) is 25.6. The standard InChI is InChI=1S/C16H12O4.C12H8O4/c17-15(18)13(11-7-3-1-4-8-11)14(16(19)20)12-9-5-2-6-10-12;13-11(14)9-3-1-7-5-10(12(15)16)4-2-8(7)6-9/h1-10H,(H,17,18)(H,19,20);1-6H,(H,13,14)(H,15,16). The number of benzene rings is 4. The summed E-state index contributed by atoms with van der Waals surface area (Å²) in [4.78, 5) is 44.4. The second-order valence-corrected chi connectivity index (χ2v) is 7.48. The molecule has 0 aliphatic heterocycles. The predicted octanol–water partition coefficient (Wildman–Crippen LogP) is 5.00. The van der Waals surface area contributed by atoms with E-state index >= 15 is 0 Å². The van der Waals surface area contributed by atoms with Crippen LogP contribution in [0.5, 0.6) is 0 Å². The second kappa shape index (κ2) is 11.3. The molecular weight excluding hydrogens is 464 g/mol. The van der Waals surface area contributed by atoms with Crippen LogP contribution in [0.1, 0.15) is 31.8 Å². The van der Waals surface area contributed by atoms with Gasteiger partial charge < -0.3 is 20.4 Å². The van der Waals surface area contributed by atoms with E-state index in [2.05, 4.69) is 0 Å². The molecule has 0 aliphatic carbocycles. The molecule has 0 aromatic heterocycles. The molecule has 36 heavy (non-hydrogen) atoms. The quantitative estimate of drug-likeness (QED) is 0.221. The fourth-order valence-corrected chi connectivity index (χ4v) is 3.47. The molecule has 0 amide bonds. The molecule has 8 heteroatoms. The van der Waals surface area contributed by atoms with Crippen LogP contribution in [0, 0.1) is 0 Å². The first kappa shape index (κ1) is 25.4. The third-order valence-corrected chi connectivity index (χ3v) is 5.14. The van der Waals surface area contributed by atoms with Gasteiger partial charge in [-0.25, -0.2) is 19.2 Å². The highest BCUT2D eigenvalue weighted by atomic mass is 16.4. The zero-order chi connectivity index (χ0) is 26.2. The average Bonchev–Trinajstić information content (AvgIpc) is 2.87. The summed E-state index contributed by atoms with van der Waals surface area (Å²) in [5.41, 5.74) is 0.669. The van der Waals surface area contributed by atoms with Crippen molar-refractivity contribution in [3.8, 4) is 0 Å². The maximum Gasteiger partial charge on any atom is 0.337 e. The molecule has 8 nitrogen and oxygen atoms in total. The molecule has 4 aromatic carbocycles. The van der Waals surface area contributed by atoms with Crippen molar-refractivity contribution >= 4 is 45.8 Å². The first-order valence-corrected chi connectivity index (χ1v) is 10.5. The van der Waals surface area contributed by atoms with E-state index in [0.29, 0.717) is 21.9 Å². The van der Waals surface area contributed by atoms with Gasteiger partial charge in [0.05, 0.1) is 22.3 Å². The molecular formula is C28H20O8. The summed E-state index contributed by atoms with van der Waals surface area (Å²) in [7, 11) is 0. The van der Waals surface area contributed by atoms with Gasteiger partial charge in [-0.05, 0) is 46.2 Å². The number of rotatable bonds is 6. The van der Waals surface area contributed by atoms with E-state index in [4.69, 9.17) is 10.2 Å². The van der Waals surface area contributed by atoms with Gasteiger partial charge in [-0.3, -0.25) is 0 Å². The summed E-state index contributed by atoms with van der Waals surface area (Å²) in [5, 5.41) is 37.8. The van der Waals surface area contributed by atoms with Gasteiger partial charge in [-0.2, -0.15) is 0 Å². The topological polar surface area (TPSA) is 149 Å². The molecule has 4 rings (SSSR count). The van der Waals surface area contributed by atoms with Crippen molar-refractivity contribution in [2.45, 2.75) is 0 Å². The molecule has 0 unspecified atom stereocenters. The number of aromatic carboxylic acids is 2. The third-order valence-electron chi connectivity index (χ3n) is 5.14. The van der Waals surface area contributed by atoms with Crippen LogP contribution in [-0.2, 0) is 9.59 Å². The van der Waals surface area contributed by atoms with E-state index in [0.717, 1.165) is 0 Å². The van der Waals surface area contributed by atoms with E-state index < -0.39 is 23.9 Å². The van der Waals surface area contributed by atoms with Crippen molar-refractivity contribution in [3.05, 3.63) is 119 Å². The number of carbonyl (C=O) groups is 4. The number of carboxylic acid groups (broad SMARTS) is 4. The predicted molar refractivity (Wildman–Crippen MR) is 133 cm³/mol. The van der Waals surface area contributed by atoms with Crippen molar-refractivity contribution in [2.24, 2.45) is 0 Å². The molecule has 4 N–H and O–H groups in total. The van der Waals surface area contributed by atoms with Crippen LogP contribution in [0.25, 0.3) is 21.9 Å². The van der Waals surface area contributed by atoms with Crippen molar-refractivity contribution in [3.63, 3.8) is 0 Å². The van der Waals surface area contributed by atoms with Gasteiger partial charge in [0.1, 0.15) is 0 Å². The first-order chi connectivity index (χ1) is 17.2. The molecule has 0 spiro atoms. The SMILES string of the molecule is O=C(O)C(=C(C(=O)O)c1ccccc1)c1ccccc1.O=C(O)c1ccc2cc(C(=O)O)ccc2c1. The Morgan fingerprint density at radius 1 is 0.417 bits per heavy atom. The summed E-state index contributed by atoms with van der Waals surface area (Å²) < 4.78 is 0. The fourth-order valence-electron chi connectivity index (χ4n) is 3.47. The average molecular weight is 484 g/mol. The number of carboxylic acids is 4. The lowest BCUT2D eigenvalue weighted by molar-refractivity contribution is -0.132. The summed E-state index contributed by atoms with van der Waals surface area (Å²) in [6.07, 6.45) is 0. The Balaban J connectivity index is 0.000000205. The molecule has 0 bridgehead atoms. The van der Waals surface area contributed by atoms with E-state index in [1.807, 2.05) is 0 Å². The lowest BCUT2D eigenvalue weighted by atomic mass is 9.94. The molecule has 0 saturated carbocycles. The molecule has 0 saturated heterocycles. The minimum atomic E-state index is -1.27. The van der Waals surface area contributed by atoms with Gasteiger partial charge in [0.25, 0.3) is 0 Å². The number of aliphatic carboxylic acids is 2. The highest BCUT2D eigenvalue weighted by Gasteiger charge is 2.23. The van der Waals surface area contributed by atoms with Crippen LogP contribution < -0.4 is 0 Å². The third kappa shape index (κ3) is 6.00. The molecule has 0 atom stereocenters. The van der Waals surface area contributed by atoms with Crippen LogP contribution in [0.2, 0.25) is 0 Å². The lowest BCUT2D eigenvalue weighted by Gasteiger charge is -2.09. The van der Waals surface area contributed by atoms with E-state index in [1.54, 1.807) is 72.8 Å². The second-order valence-electron chi connectivity index (χ2n) is 7.48. The lowest BCUT2D eigenvalue weighted by Crippen LogP contribution is -2.10. The van der Waals surface area contributed by atoms with Crippen LogP contribution in [0.15, 0.2) is 97.1 Å². The molecule has 180 valence electrons. The fraction of sp³-hybridized carbons (Fsp3) is 0. The van der Waals surface area contributed by atoms with Gasteiger partial charge in [0.15, 0.2) is 0 Å². The number of fused-ring (bicyclic) bond motifs is 1. The Bertz CT molecular complexity index is 1360. The van der Waals surface area contributed by atoms with E-state index in [-0.39, 0.29) is 22.3 Å². The summed E-state index contributed by atoms with van der Waals surface area (Å²) in [6.45, 7) is 0. The van der Waals surface area contributed by atoms with Crippen LogP contribution in [0.3, 0.4) is 0 Å². The highest BCUT2D eigenvalue weighted by molar-refractivity contribution is 6.36. The Kier molecular flexibility index (Phi) is 7.94. The zero-order valence-electron chi connectivity index (χ0n) is 18.7. The Hall–Kier alpha value is -5.24. The van der Waals surface area contributed by atoms with E-state index in [9.17, 15) is 29.4 Å². The van der Waals surface area contributed by atoms with Gasteiger partial charge in [-0.1, -0.05) is 72.8 Å². The van der Waals surface area contributed by atoms with E-state index in [1.165, 1.54) is 24.3 Å². The van der Waals surface area contributed by atoms with Crippen LogP contribution in [0.4, 0.5) is 0 Å². The maximum atomic E-state index is 11.5. The number of hydrogen-bond donors (Lipinski definition) is 4. The van der Waals surface area contributed by atoms with Crippen LogP contribution >= 0.6 is 0 Å². The zero-order valence-corrected chi connectivity index (χ0v) is 18.7. The Morgan fingerprint density at radius 3 is 1.03 bits per heavy atom. The van der Waals surface area contributed by atoms with Crippen LogP contribution in [-0.4, -0.2) is 44.3 Å². The molecule has 0 fully saturated rings. The normalized spacial score (nSPS) is 11.0. The molecule has 0 aliphatic rings. The first-order valence-electron chi connectivity index (χ1n) is 10.5.